The van der Waals surface area contributed by atoms with E-state index in [1.165, 1.54) is 0 Å². The first-order valence-electron chi connectivity index (χ1n) is 3.73. The zero-order valence-electron chi connectivity index (χ0n) is 7.03. The van der Waals surface area contributed by atoms with Crippen LogP contribution in [0.3, 0.4) is 0 Å². The predicted octanol–water partition coefficient (Wildman–Crippen LogP) is 4.41. The van der Waals surface area contributed by atoms with E-state index >= 15 is 0 Å². The molecule has 12 heavy (non-hydrogen) atoms. The molecule has 0 aliphatic rings. The van der Waals surface area contributed by atoms with Crippen LogP contribution >= 0.6 is 35.0 Å². The molecule has 0 aliphatic carbocycles. The van der Waals surface area contributed by atoms with Gasteiger partial charge in [-0.1, -0.05) is 30.1 Å². The summed E-state index contributed by atoms with van der Waals surface area (Å²) in [5.74, 6) is 0.989. The summed E-state index contributed by atoms with van der Waals surface area (Å²) in [6.45, 7) is 4.06. The van der Waals surface area contributed by atoms with E-state index in [-0.39, 0.29) is 0 Å². The van der Waals surface area contributed by atoms with Gasteiger partial charge < -0.3 is 0 Å². The zero-order valence-corrected chi connectivity index (χ0v) is 9.35. The Morgan fingerprint density at radius 2 is 1.75 bits per heavy atom. The first-order valence-corrected chi connectivity index (χ1v) is 5.47. The molecular weight excluding hydrogens is 211 g/mol. The van der Waals surface area contributed by atoms with E-state index in [1.807, 2.05) is 19.1 Å². The van der Waals surface area contributed by atoms with Gasteiger partial charge >= 0.3 is 0 Å². The van der Waals surface area contributed by atoms with Crippen LogP contribution in [-0.2, 0) is 0 Å². The van der Waals surface area contributed by atoms with Gasteiger partial charge in [0, 0.05) is 4.90 Å². The van der Waals surface area contributed by atoms with E-state index in [4.69, 9.17) is 23.2 Å². The number of rotatable bonds is 2. The van der Waals surface area contributed by atoms with Crippen LogP contribution in [-0.4, -0.2) is 5.75 Å². The fourth-order valence-electron chi connectivity index (χ4n) is 0.969. The highest BCUT2D eigenvalue weighted by Crippen LogP contribution is 2.34. The number of hydrogen-bond acceptors (Lipinski definition) is 1. The summed E-state index contributed by atoms with van der Waals surface area (Å²) in [4.78, 5) is 0.992. The molecule has 0 bridgehead atoms. The van der Waals surface area contributed by atoms with Crippen LogP contribution < -0.4 is 0 Å². The fourth-order valence-corrected chi connectivity index (χ4v) is 2.57. The highest BCUT2D eigenvalue weighted by molar-refractivity contribution is 7.99. The lowest BCUT2D eigenvalue weighted by molar-refractivity contribution is 1.37. The molecule has 1 aromatic carbocycles. The highest BCUT2D eigenvalue weighted by Gasteiger charge is 2.05. The molecule has 0 radical (unpaired) electrons. The molecule has 0 spiro atoms. The minimum Gasteiger partial charge on any atom is -0.123 e. The van der Waals surface area contributed by atoms with Gasteiger partial charge in [0.05, 0.1) is 10.0 Å². The third-order valence-corrected chi connectivity index (χ3v) is 3.27. The lowest BCUT2D eigenvalue weighted by Crippen LogP contribution is -1.80. The molecule has 0 N–H and O–H groups in total. The van der Waals surface area contributed by atoms with Gasteiger partial charge in [0.25, 0.3) is 0 Å². The second kappa shape index (κ2) is 4.40. The van der Waals surface area contributed by atoms with Crippen LogP contribution in [0, 0.1) is 6.92 Å². The van der Waals surface area contributed by atoms with Crippen molar-refractivity contribution in [1.82, 2.24) is 0 Å². The summed E-state index contributed by atoms with van der Waals surface area (Å²) in [6.07, 6.45) is 0. The highest BCUT2D eigenvalue weighted by atomic mass is 35.5. The molecule has 1 aromatic rings. The monoisotopic (exact) mass is 220 g/mol. The van der Waals surface area contributed by atoms with E-state index in [9.17, 15) is 0 Å². The Kier molecular flexibility index (Phi) is 3.76. The smallest absolute Gasteiger partial charge is 0.0559 e. The van der Waals surface area contributed by atoms with Crippen molar-refractivity contribution < 1.29 is 0 Å². The summed E-state index contributed by atoms with van der Waals surface area (Å²) in [6, 6.07) is 3.87. The van der Waals surface area contributed by atoms with Crippen molar-refractivity contribution >= 4 is 35.0 Å². The normalized spacial score (nSPS) is 10.3. The summed E-state index contributed by atoms with van der Waals surface area (Å²) in [5, 5.41) is 1.51. The van der Waals surface area contributed by atoms with Crippen LogP contribution in [0.4, 0.5) is 0 Å². The lowest BCUT2D eigenvalue weighted by atomic mass is 10.2. The van der Waals surface area contributed by atoms with E-state index < -0.39 is 0 Å². The van der Waals surface area contributed by atoms with Crippen LogP contribution in [0.2, 0.25) is 10.0 Å². The predicted molar refractivity (Wildman–Crippen MR) is 57.6 cm³/mol. The van der Waals surface area contributed by atoms with Gasteiger partial charge in [-0.25, -0.2) is 0 Å². The molecule has 3 heteroatoms. The van der Waals surface area contributed by atoms with Gasteiger partial charge in [-0.15, -0.1) is 11.8 Å². The SMILES string of the molecule is CCSc1c(Cl)cc(C)cc1Cl. The second-order valence-corrected chi connectivity index (χ2v) is 4.58. The average molecular weight is 221 g/mol. The largest absolute Gasteiger partial charge is 0.123 e. The number of benzene rings is 1. The maximum absolute atomic E-state index is 6.01. The molecule has 0 heterocycles. The fraction of sp³-hybridized carbons (Fsp3) is 0.333. The molecule has 0 amide bonds. The van der Waals surface area contributed by atoms with Gasteiger partial charge in [0.2, 0.25) is 0 Å². The minimum absolute atomic E-state index is 0.756. The zero-order chi connectivity index (χ0) is 9.14. The molecule has 0 unspecified atom stereocenters. The van der Waals surface area contributed by atoms with Crippen molar-refractivity contribution in [1.29, 1.82) is 0 Å². The molecule has 0 saturated carbocycles. The van der Waals surface area contributed by atoms with Crippen molar-refractivity contribution in [3.05, 3.63) is 27.7 Å². The van der Waals surface area contributed by atoms with E-state index in [1.54, 1.807) is 11.8 Å². The molecule has 0 aromatic heterocycles. The maximum Gasteiger partial charge on any atom is 0.0559 e. The number of thioether (sulfide) groups is 1. The van der Waals surface area contributed by atoms with Crippen LogP contribution in [0.5, 0.6) is 0 Å². The number of hydrogen-bond donors (Lipinski definition) is 0. The average Bonchev–Trinajstić information content (AvgIpc) is 1.96. The topological polar surface area (TPSA) is 0 Å². The molecule has 0 aliphatic heterocycles. The Bertz CT molecular complexity index is 261. The molecule has 1 rings (SSSR count). The summed E-state index contributed by atoms with van der Waals surface area (Å²) >= 11 is 13.7. The number of halogens is 2. The summed E-state index contributed by atoms with van der Waals surface area (Å²) < 4.78 is 0. The Hall–Kier alpha value is 0.150. The lowest BCUT2D eigenvalue weighted by Gasteiger charge is -2.05. The van der Waals surface area contributed by atoms with E-state index in [0.29, 0.717) is 0 Å². The summed E-state index contributed by atoms with van der Waals surface area (Å²) in [7, 11) is 0. The van der Waals surface area contributed by atoms with Gasteiger partial charge in [-0.2, -0.15) is 0 Å². The minimum atomic E-state index is 0.756. The van der Waals surface area contributed by atoms with Gasteiger partial charge in [0.1, 0.15) is 0 Å². The molecule has 0 atom stereocenters. The van der Waals surface area contributed by atoms with E-state index in [2.05, 4.69) is 6.92 Å². The van der Waals surface area contributed by atoms with Crippen molar-refractivity contribution in [3.8, 4) is 0 Å². The van der Waals surface area contributed by atoms with Crippen LogP contribution in [0.15, 0.2) is 17.0 Å². The first-order chi connectivity index (χ1) is 5.65. The maximum atomic E-state index is 6.01. The Morgan fingerprint density at radius 3 is 2.17 bits per heavy atom. The Morgan fingerprint density at radius 1 is 1.25 bits per heavy atom. The second-order valence-electron chi connectivity index (χ2n) is 2.49. The summed E-state index contributed by atoms with van der Waals surface area (Å²) in [5.41, 5.74) is 1.10. The van der Waals surface area contributed by atoms with E-state index in [0.717, 1.165) is 26.3 Å². The quantitative estimate of drug-likeness (QED) is 0.666. The third kappa shape index (κ3) is 2.32. The molecule has 0 nitrogen and oxygen atoms in total. The van der Waals surface area contributed by atoms with Crippen molar-refractivity contribution in [2.75, 3.05) is 5.75 Å². The Labute approximate surface area is 87.3 Å². The van der Waals surface area contributed by atoms with Crippen molar-refractivity contribution in [3.63, 3.8) is 0 Å². The standard InChI is InChI=1S/C9H10Cl2S/c1-3-12-9-7(10)4-6(2)5-8(9)11/h4-5H,3H2,1-2H3. The van der Waals surface area contributed by atoms with Crippen LogP contribution in [0.25, 0.3) is 0 Å². The first kappa shape index (κ1) is 10.2. The van der Waals surface area contributed by atoms with Gasteiger partial charge in [0.15, 0.2) is 0 Å². The molecule has 66 valence electrons. The third-order valence-electron chi connectivity index (χ3n) is 1.43. The molecule has 0 saturated heterocycles. The van der Waals surface area contributed by atoms with Crippen molar-refractivity contribution in [2.45, 2.75) is 18.7 Å². The Balaban J connectivity index is 3.10. The van der Waals surface area contributed by atoms with Gasteiger partial charge in [-0.3, -0.25) is 0 Å². The number of aryl methyl sites for hydroxylation is 1. The van der Waals surface area contributed by atoms with Crippen molar-refractivity contribution in [2.24, 2.45) is 0 Å². The van der Waals surface area contributed by atoms with Gasteiger partial charge in [-0.05, 0) is 30.4 Å². The molecular formula is C9H10Cl2S. The van der Waals surface area contributed by atoms with Crippen LogP contribution in [0.1, 0.15) is 12.5 Å². The molecule has 0 fully saturated rings.